The molecule has 0 amide bonds. The molecule has 8 rings (SSSR count). The highest BCUT2D eigenvalue weighted by Gasteiger charge is 2.18. The van der Waals surface area contributed by atoms with Gasteiger partial charge in [0.15, 0.2) is 5.69 Å². The number of aromatic nitrogens is 3. The van der Waals surface area contributed by atoms with Crippen LogP contribution in [0.5, 0.6) is 0 Å². The third-order valence-electron chi connectivity index (χ3n) is 8.26. The summed E-state index contributed by atoms with van der Waals surface area (Å²) in [5.74, 6) is 0.598. The van der Waals surface area contributed by atoms with Gasteiger partial charge in [0.2, 0.25) is 5.95 Å². The minimum atomic E-state index is 0.598. The van der Waals surface area contributed by atoms with Crippen molar-refractivity contribution in [2.45, 2.75) is 0 Å². The van der Waals surface area contributed by atoms with Crippen LogP contribution >= 0.6 is 0 Å². The van der Waals surface area contributed by atoms with E-state index >= 15 is 0 Å². The highest BCUT2D eigenvalue weighted by Crippen LogP contribution is 2.37. The molecule has 45 heavy (non-hydrogen) atoms. The lowest BCUT2D eigenvalue weighted by molar-refractivity contribution is 0.996. The average molecular weight is 575 g/mol. The van der Waals surface area contributed by atoms with E-state index in [4.69, 9.17) is 16.5 Å². The lowest BCUT2D eigenvalue weighted by atomic mass is 10.0. The Bertz CT molecular complexity index is 2250. The van der Waals surface area contributed by atoms with Crippen LogP contribution in [0.1, 0.15) is 0 Å². The minimum absolute atomic E-state index is 0.598. The molecule has 0 radical (unpaired) electrons. The molecule has 0 spiro atoms. The molecule has 4 nitrogen and oxygen atoms in total. The molecule has 0 bridgehead atoms. The summed E-state index contributed by atoms with van der Waals surface area (Å²) in [6.45, 7) is 7.38. The summed E-state index contributed by atoms with van der Waals surface area (Å²) < 4.78 is 2.18. The highest BCUT2D eigenvalue weighted by atomic mass is 15.2. The van der Waals surface area contributed by atoms with Crippen LogP contribution < -0.4 is 0 Å². The minimum Gasteiger partial charge on any atom is -0.278 e. The Labute approximate surface area is 261 Å². The van der Waals surface area contributed by atoms with Gasteiger partial charge in [0.05, 0.1) is 29.0 Å². The molecule has 0 aliphatic heterocycles. The molecular weight excluding hydrogens is 548 g/mol. The monoisotopic (exact) mass is 574 g/mol. The molecule has 0 saturated carbocycles. The summed E-state index contributed by atoms with van der Waals surface area (Å²) >= 11 is 0. The fourth-order valence-electron chi connectivity index (χ4n) is 6.01. The fourth-order valence-corrected chi connectivity index (χ4v) is 6.01. The maximum absolute atomic E-state index is 7.38. The Balaban J connectivity index is 1.41. The van der Waals surface area contributed by atoms with Crippen molar-refractivity contribution in [3.63, 3.8) is 0 Å². The average Bonchev–Trinajstić information content (AvgIpc) is 3.45. The normalized spacial score (nSPS) is 11.1. The lowest BCUT2D eigenvalue weighted by Gasteiger charge is -2.12. The summed E-state index contributed by atoms with van der Waals surface area (Å²) in [5, 5.41) is 2.28. The Kier molecular flexibility index (Phi) is 6.48. The third kappa shape index (κ3) is 4.83. The van der Waals surface area contributed by atoms with Crippen LogP contribution in [0.3, 0.4) is 0 Å². The van der Waals surface area contributed by atoms with E-state index in [9.17, 15) is 0 Å². The Morgan fingerprint density at radius 3 is 1.31 bits per heavy atom. The number of hydrogen-bond acceptors (Lipinski definition) is 2. The van der Waals surface area contributed by atoms with Gasteiger partial charge in [-0.05, 0) is 58.1 Å². The molecule has 0 atom stereocenters. The van der Waals surface area contributed by atoms with Crippen molar-refractivity contribution in [1.82, 2.24) is 14.5 Å². The van der Waals surface area contributed by atoms with Crippen molar-refractivity contribution in [2.24, 2.45) is 0 Å². The summed E-state index contributed by atoms with van der Waals surface area (Å²) in [5.41, 5.74) is 10.9. The van der Waals surface area contributed by atoms with Gasteiger partial charge in [-0.25, -0.2) is 14.8 Å². The smallest absolute Gasteiger partial charge is 0.235 e. The number of benzene rings is 6. The number of fused-ring (bicyclic) bond motifs is 3. The standard InChI is InChI=1S/C41H26N4/c1-42-34-21-17-31(18-22-34)38-27-37(30-15-9-4-10-16-30)43-41(44-38)45-39-23-19-32(28-11-5-2-6-12-28)25-35(39)36-26-33(20-24-40(36)45)29-13-7-3-8-14-29/h2-27H. The van der Waals surface area contributed by atoms with Gasteiger partial charge >= 0.3 is 0 Å². The summed E-state index contributed by atoms with van der Waals surface area (Å²) in [7, 11) is 0. The van der Waals surface area contributed by atoms with Crippen LogP contribution in [-0.4, -0.2) is 14.5 Å². The van der Waals surface area contributed by atoms with Crippen LogP contribution in [0, 0.1) is 6.57 Å². The quantitative estimate of drug-likeness (QED) is 0.192. The van der Waals surface area contributed by atoms with Crippen LogP contribution in [0.15, 0.2) is 158 Å². The van der Waals surface area contributed by atoms with Gasteiger partial charge < -0.3 is 0 Å². The first-order chi connectivity index (χ1) is 22.2. The first-order valence-corrected chi connectivity index (χ1v) is 14.9. The van der Waals surface area contributed by atoms with Crippen LogP contribution in [0.2, 0.25) is 0 Å². The van der Waals surface area contributed by atoms with E-state index in [0.29, 0.717) is 11.6 Å². The van der Waals surface area contributed by atoms with E-state index in [1.54, 1.807) is 0 Å². The third-order valence-corrected chi connectivity index (χ3v) is 8.26. The second-order valence-electron chi connectivity index (χ2n) is 11.0. The molecule has 2 aromatic heterocycles. The van der Waals surface area contributed by atoms with Crippen molar-refractivity contribution in [3.8, 4) is 50.7 Å². The van der Waals surface area contributed by atoms with Crippen molar-refractivity contribution < 1.29 is 0 Å². The predicted molar refractivity (Wildman–Crippen MR) is 184 cm³/mol. The van der Waals surface area contributed by atoms with Crippen molar-refractivity contribution in [3.05, 3.63) is 169 Å². The van der Waals surface area contributed by atoms with Crippen molar-refractivity contribution >= 4 is 27.5 Å². The number of rotatable bonds is 5. The molecule has 0 unspecified atom stereocenters. The van der Waals surface area contributed by atoms with Gasteiger partial charge in [0, 0.05) is 16.3 Å². The Hall–Kier alpha value is -6.31. The van der Waals surface area contributed by atoms with E-state index in [1.807, 2.05) is 60.7 Å². The zero-order valence-electron chi connectivity index (χ0n) is 24.3. The first kappa shape index (κ1) is 26.3. The van der Waals surface area contributed by atoms with E-state index in [0.717, 1.165) is 55.4 Å². The molecular formula is C41H26N4. The maximum atomic E-state index is 7.38. The highest BCUT2D eigenvalue weighted by molar-refractivity contribution is 6.11. The van der Waals surface area contributed by atoms with E-state index < -0.39 is 0 Å². The first-order valence-electron chi connectivity index (χ1n) is 14.9. The number of hydrogen-bond donors (Lipinski definition) is 0. The Morgan fingerprint density at radius 2 is 0.844 bits per heavy atom. The molecule has 210 valence electrons. The molecule has 8 aromatic rings. The van der Waals surface area contributed by atoms with Crippen molar-refractivity contribution in [1.29, 1.82) is 0 Å². The van der Waals surface area contributed by atoms with Gasteiger partial charge in [0.25, 0.3) is 0 Å². The molecule has 2 heterocycles. The van der Waals surface area contributed by atoms with Gasteiger partial charge in [-0.15, -0.1) is 0 Å². The van der Waals surface area contributed by atoms with Gasteiger partial charge in [-0.1, -0.05) is 127 Å². The molecule has 0 aliphatic rings. The van der Waals surface area contributed by atoms with E-state index in [1.165, 1.54) is 11.1 Å². The SMILES string of the molecule is [C-]#[N+]c1ccc(-c2cc(-c3ccccc3)nc(-n3c4ccc(-c5ccccc5)cc4c4cc(-c5ccccc5)ccc43)n2)cc1. The van der Waals surface area contributed by atoms with Crippen LogP contribution in [0.4, 0.5) is 5.69 Å². The molecule has 6 aromatic carbocycles. The van der Waals surface area contributed by atoms with Crippen molar-refractivity contribution in [2.75, 3.05) is 0 Å². The van der Waals surface area contributed by atoms with Gasteiger partial charge in [-0.2, -0.15) is 0 Å². The lowest BCUT2D eigenvalue weighted by Crippen LogP contribution is -2.04. The summed E-state index contributed by atoms with van der Waals surface area (Å²) in [4.78, 5) is 13.9. The summed E-state index contributed by atoms with van der Waals surface area (Å²) in [6.07, 6.45) is 0. The molecule has 0 aliphatic carbocycles. The molecule has 0 N–H and O–H groups in total. The van der Waals surface area contributed by atoms with E-state index in [-0.39, 0.29) is 0 Å². The zero-order chi connectivity index (χ0) is 30.2. The van der Waals surface area contributed by atoms with Crippen LogP contribution in [0.25, 0.3) is 77.4 Å². The van der Waals surface area contributed by atoms with E-state index in [2.05, 4.69) is 106 Å². The molecule has 4 heteroatoms. The molecule has 0 fully saturated rings. The predicted octanol–water partition coefficient (Wildman–Crippen LogP) is 10.8. The van der Waals surface area contributed by atoms with Gasteiger partial charge in [-0.3, -0.25) is 4.57 Å². The largest absolute Gasteiger partial charge is 0.278 e. The number of nitrogens with zero attached hydrogens (tertiary/aromatic N) is 4. The zero-order valence-corrected chi connectivity index (χ0v) is 24.3. The van der Waals surface area contributed by atoms with Gasteiger partial charge in [0.1, 0.15) is 0 Å². The molecule has 0 saturated heterocycles. The second kappa shape index (κ2) is 11.1. The van der Waals surface area contributed by atoms with Crippen LogP contribution in [-0.2, 0) is 0 Å². The fraction of sp³-hybridized carbons (Fsp3) is 0. The topological polar surface area (TPSA) is 35.1 Å². The second-order valence-corrected chi connectivity index (χ2v) is 11.0. The summed E-state index contributed by atoms with van der Waals surface area (Å²) in [6, 6.07) is 54.1. The maximum Gasteiger partial charge on any atom is 0.235 e. The Morgan fingerprint density at radius 1 is 0.422 bits per heavy atom.